The number of hydrogen-bond acceptors (Lipinski definition) is 9. The van der Waals surface area contributed by atoms with Gasteiger partial charge in [0.2, 0.25) is 23.6 Å². The highest BCUT2D eigenvalue weighted by atomic mass is 16.6. The zero-order valence-corrected chi connectivity index (χ0v) is 28.6. The minimum Gasteiger partial charge on any atom is -0.370 e. The highest BCUT2D eigenvalue weighted by Crippen LogP contribution is 2.17. The minimum atomic E-state index is -1.10. The van der Waals surface area contributed by atoms with E-state index in [-0.39, 0.29) is 42.6 Å². The fraction of sp³-hybridized carbons (Fsp3) is 0.500. The van der Waals surface area contributed by atoms with Gasteiger partial charge in [-0.15, -0.1) is 0 Å². The summed E-state index contributed by atoms with van der Waals surface area (Å²) in [6.07, 6.45) is 3.58. The molecule has 1 aliphatic rings. The van der Waals surface area contributed by atoms with Crippen LogP contribution in [-0.4, -0.2) is 77.8 Å². The van der Waals surface area contributed by atoms with Gasteiger partial charge in [0.05, 0.1) is 11.0 Å². The lowest BCUT2D eigenvalue weighted by Gasteiger charge is -2.33. The quantitative estimate of drug-likeness (QED) is 0.0358. The van der Waals surface area contributed by atoms with Crippen molar-refractivity contribution in [1.82, 2.24) is 21.3 Å². The van der Waals surface area contributed by atoms with Crippen molar-refractivity contribution in [3.63, 3.8) is 0 Å². The topological polar surface area (TPSA) is 262 Å². The number of piperidine rings is 1. The molecular weight excluding hydrogens is 644 g/mol. The average Bonchev–Trinajstić information content (AvgIpc) is 3.11. The molecule has 272 valence electrons. The molecule has 0 aromatic heterocycles. The number of aliphatic imine (C=N–C) groups is 1. The lowest BCUT2D eigenvalue weighted by Crippen LogP contribution is -2.63. The molecule has 0 saturated carbocycles. The van der Waals surface area contributed by atoms with Crippen LogP contribution in [0, 0.1) is 16.0 Å². The number of amides is 4. The summed E-state index contributed by atoms with van der Waals surface area (Å²) in [5, 5.41) is 25.5. The second-order valence-electron chi connectivity index (χ2n) is 12.5. The third kappa shape index (κ3) is 12.4. The van der Waals surface area contributed by atoms with E-state index in [4.69, 9.17) is 17.2 Å². The highest BCUT2D eigenvalue weighted by Gasteiger charge is 2.36. The van der Waals surface area contributed by atoms with E-state index in [1.807, 2.05) is 44.2 Å². The summed E-state index contributed by atoms with van der Waals surface area (Å²) in [5.41, 5.74) is 18.0. The van der Waals surface area contributed by atoms with Gasteiger partial charge in [0, 0.05) is 36.8 Å². The number of hydrogen-bond donors (Lipinski definition) is 8. The molecule has 1 saturated heterocycles. The Bertz CT molecular complexity index is 1460. The maximum Gasteiger partial charge on any atom is 0.269 e. The molecule has 11 N–H and O–H groups in total. The molecule has 6 unspecified atom stereocenters. The van der Waals surface area contributed by atoms with Gasteiger partial charge < -0.3 is 43.8 Å². The maximum atomic E-state index is 14.0. The molecule has 3 rings (SSSR count). The number of guanidine groups is 1. The van der Waals surface area contributed by atoms with E-state index < -0.39 is 58.8 Å². The van der Waals surface area contributed by atoms with E-state index >= 15 is 0 Å². The molecule has 0 spiro atoms. The van der Waals surface area contributed by atoms with Crippen LogP contribution in [0.15, 0.2) is 59.6 Å². The number of benzene rings is 2. The van der Waals surface area contributed by atoms with Crippen molar-refractivity contribution in [3.8, 4) is 0 Å². The number of anilines is 1. The van der Waals surface area contributed by atoms with E-state index in [9.17, 15) is 29.3 Å². The molecule has 1 aliphatic heterocycles. The second kappa shape index (κ2) is 19.8. The molecule has 1 heterocycles. The van der Waals surface area contributed by atoms with Crippen LogP contribution in [0.3, 0.4) is 0 Å². The molecular formula is C34H50N10O6. The number of carbonyl (C=O) groups is 4. The van der Waals surface area contributed by atoms with Crippen molar-refractivity contribution < 1.29 is 24.1 Å². The summed E-state index contributed by atoms with van der Waals surface area (Å²) in [6, 6.07) is 9.94. The number of nitrogens with zero attached hydrogens (tertiary/aromatic N) is 2. The first kappa shape index (κ1) is 39.3. The van der Waals surface area contributed by atoms with Crippen LogP contribution in [0.1, 0.15) is 57.9 Å². The standard InChI is InChI=1S/C34H50N10O6/c1-3-21(2)28(35)32(47)42-27(20-22-10-5-4-6-11-22)31(46)43-29(25-12-7-8-18-38-25)33(48)41-26(13-9-19-39-34(36)37)30(45)40-23-14-16-24(17-15-23)44(49)50/h4-6,10-11,14-17,21,25-29,38H,3,7-9,12-13,18-20,35H2,1-2H3,(H,40,45)(H,41,48)(H,42,47)(H,43,46)(H4,36,37,39). The Morgan fingerprint density at radius 1 is 0.940 bits per heavy atom. The van der Waals surface area contributed by atoms with Gasteiger partial charge in [0.15, 0.2) is 5.96 Å². The lowest BCUT2D eigenvalue weighted by atomic mass is 9.95. The highest BCUT2D eigenvalue weighted by molar-refractivity contribution is 5.99. The number of rotatable bonds is 18. The van der Waals surface area contributed by atoms with Crippen molar-refractivity contribution in [2.24, 2.45) is 28.1 Å². The monoisotopic (exact) mass is 694 g/mol. The van der Waals surface area contributed by atoms with Gasteiger partial charge in [-0.05, 0) is 55.8 Å². The summed E-state index contributed by atoms with van der Waals surface area (Å²) in [6.45, 7) is 4.61. The number of nitrogens with two attached hydrogens (primary N) is 3. The van der Waals surface area contributed by atoms with Crippen molar-refractivity contribution in [2.75, 3.05) is 18.4 Å². The number of nitro benzene ring substituents is 1. The van der Waals surface area contributed by atoms with Gasteiger partial charge >= 0.3 is 0 Å². The van der Waals surface area contributed by atoms with Crippen LogP contribution in [0.4, 0.5) is 11.4 Å². The molecule has 16 heteroatoms. The van der Waals surface area contributed by atoms with Crippen molar-refractivity contribution in [3.05, 3.63) is 70.3 Å². The summed E-state index contributed by atoms with van der Waals surface area (Å²) in [5.74, 6) is -2.48. The fourth-order valence-corrected chi connectivity index (χ4v) is 5.54. The van der Waals surface area contributed by atoms with Crippen molar-refractivity contribution in [1.29, 1.82) is 0 Å². The number of non-ortho nitro benzene ring substituents is 1. The normalized spacial score (nSPS) is 17.1. The largest absolute Gasteiger partial charge is 0.370 e. The average molecular weight is 695 g/mol. The van der Waals surface area contributed by atoms with Gasteiger partial charge in [0.1, 0.15) is 18.1 Å². The Hall–Kier alpha value is -5.09. The predicted molar refractivity (Wildman–Crippen MR) is 191 cm³/mol. The summed E-state index contributed by atoms with van der Waals surface area (Å²) < 4.78 is 0. The molecule has 2 aromatic carbocycles. The Morgan fingerprint density at radius 2 is 1.62 bits per heavy atom. The van der Waals surface area contributed by atoms with E-state index in [1.54, 1.807) is 0 Å². The van der Waals surface area contributed by atoms with Gasteiger partial charge in [-0.3, -0.25) is 34.3 Å². The first-order chi connectivity index (χ1) is 23.9. The molecule has 1 fully saturated rings. The van der Waals surface area contributed by atoms with Crippen molar-refractivity contribution >= 4 is 41.0 Å². The molecule has 4 amide bonds. The molecule has 0 bridgehead atoms. The maximum absolute atomic E-state index is 14.0. The van der Waals surface area contributed by atoms with Gasteiger partial charge in [-0.25, -0.2) is 0 Å². The third-order valence-electron chi connectivity index (χ3n) is 8.73. The smallest absolute Gasteiger partial charge is 0.269 e. The predicted octanol–water partition coefficient (Wildman–Crippen LogP) is 0.800. The molecule has 0 radical (unpaired) electrons. The molecule has 16 nitrogen and oxygen atoms in total. The van der Waals surface area contributed by atoms with Gasteiger partial charge in [0.25, 0.3) is 5.69 Å². The van der Waals surface area contributed by atoms with E-state index in [0.29, 0.717) is 25.8 Å². The SMILES string of the molecule is CCC(C)C(N)C(=O)NC(Cc1ccccc1)C(=O)NC(C(=O)NC(CCCN=C(N)N)C(=O)Nc1ccc([N+](=O)[O-])cc1)C1CCCCN1. The van der Waals surface area contributed by atoms with E-state index in [2.05, 4.69) is 31.6 Å². The van der Waals surface area contributed by atoms with Crippen LogP contribution in [-0.2, 0) is 25.6 Å². The van der Waals surface area contributed by atoms with Crippen LogP contribution < -0.4 is 43.8 Å². The Kier molecular flexibility index (Phi) is 15.6. The Labute approximate surface area is 291 Å². The van der Waals surface area contributed by atoms with Crippen LogP contribution in [0.5, 0.6) is 0 Å². The van der Waals surface area contributed by atoms with Crippen LogP contribution >= 0.6 is 0 Å². The third-order valence-corrected chi connectivity index (χ3v) is 8.73. The zero-order chi connectivity index (χ0) is 36.6. The number of nitro groups is 1. The second-order valence-corrected chi connectivity index (χ2v) is 12.5. The van der Waals surface area contributed by atoms with E-state index in [1.165, 1.54) is 24.3 Å². The van der Waals surface area contributed by atoms with Crippen molar-refractivity contribution in [2.45, 2.75) is 89.0 Å². The zero-order valence-electron chi connectivity index (χ0n) is 28.6. The first-order valence-corrected chi connectivity index (χ1v) is 16.9. The minimum absolute atomic E-state index is 0.116. The summed E-state index contributed by atoms with van der Waals surface area (Å²) >= 11 is 0. The molecule has 0 aliphatic carbocycles. The summed E-state index contributed by atoms with van der Waals surface area (Å²) in [4.78, 5) is 69.1. The Morgan fingerprint density at radius 3 is 2.22 bits per heavy atom. The fourth-order valence-electron chi connectivity index (χ4n) is 5.54. The molecule has 50 heavy (non-hydrogen) atoms. The first-order valence-electron chi connectivity index (χ1n) is 16.9. The van der Waals surface area contributed by atoms with Crippen LogP contribution in [0.2, 0.25) is 0 Å². The van der Waals surface area contributed by atoms with Gasteiger partial charge in [-0.2, -0.15) is 0 Å². The van der Waals surface area contributed by atoms with Crippen LogP contribution in [0.25, 0.3) is 0 Å². The summed E-state index contributed by atoms with van der Waals surface area (Å²) in [7, 11) is 0. The molecule has 6 atom stereocenters. The van der Waals surface area contributed by atoms with E-state index in [0.717, 1.165) is 18.4 Å². The lowest BCUT2D eigenvalue weighted by molar-refractivity contribution is -0.384. The number of carbonyl (C=O) groups excluding carboxylic acids is 4. The number of nitrogens with one attached hydrogen (secondary N) is 5. The Balaban J connectivity index is 1.86. The molecule has 2 aromatic rings. The van der Waals surface area contributed by atoms with Gasteiger partial charge in [-0.1, -0.05) is 57.0 Å².